The van der Waals surface area contributed by atoms with E-state index < -0.39 is 0 Å². The van der Waals surface area contributed by atoms with Gasteiger partial charge in [-0.1, -0.05) is 25.0 Å². The van der Waals surface area contributed by atoms with Crippen LogP contribution in [0.15, 0.2) is 35.3 Å². The minimum Gasteiger partial charge on any atom is -0.493 e. The molecule has 0 unspecified atom stereocenters. The van der Waals surface area contributed by atoms with Crippen LogP contribution in [-0.2, 0) is 11.3 Å². The third kappa shape index (κ3) is 6.33. The van der Waals surface area contributed by atoms with Crippen LogP contribution in [0.3, 0.4) is 0 Å². The lowest BCUT2D eigenvalue weighted by Gasteiger charge is -2.17. The number of imidazole rings is 1. The molecule has 2 rings (SSSR count). The Labute approximate surface area is 153 Å². The smallest absolute Gasteiger partial charge is 0.333 e. The average Bonchev–Trinajstić information content (AvgIpc) is 2.96. The molecule has 0 saturated heterocycles. The van der Waals surface area contributed by atoms with E-state index in [-0.39, 0.29) is 18.2 Å². The number of aromatic hydroxyl groups is 1. The lowest BCUT2D eigenvalue weighted by atomic mass is 10.2. The Morgan fingerprint density at radius 3 is 2.73 bits per heavy atom. The largest absolute Gasteiger partial charge is 0.493 e. The Bertz CT molecular complexity index is 711. The number of aliphatic hydroxyl groups is 1. The zero-order chi connectivity index (χ0) is 18.8. The van der Waals surface area contributed by atoms with Crippen molar-refractivity contribution in [2.45, 2.75) is 32.2 Å². The second-order valence-electron chi connectivity index (χ2n) is 6.45. The molecule has 0 atom stereocenters. The van der Waals surface area contributed by atoms with E-state index in [2.05, 4.69) is 9.88 Å². The molecule has 0 spiro atoms. The van der Waals surface area contributed by atoms with Crippen molar-refractivity contribution in [1.29, 1.82) is 0 Å². The number of nitrogens with zero attached hydrogens (tertiary/aromatic N) is 2. The van der Waals surface area contributed by atoms with Crippen molar-refractivity contribution in [3.05, 3.63) is 46.5 Å². The molecule has 7 nitrogen and oxygen atoms in total. The van der Waals surface area contributed by atoms with E-state index in [9.17, 15) is 9.90 Å². The van der Waals surface area contributed by atoms with Crippen LogP contribution in [0.5, 0.6) is 5.88 Å². The molecule has 2 aromatic rings. The third-order valence-electron chi connectivity index (χ3n) is 4.19. The van der Waals surface area contributed by atoms with E-state index in [1.54, 1.807) is 6.07 Å². The molecule has 1 heterocycles. The number of rotatable bonds is 12. The van der Waals surface area contributed by atoms with Crippen molar-refractivity contribution in [3.8, 4) is 11.6 Å². The van der Waals surface area contributed by atoms with Gasteiger partial charge in [0, 0.05) is 26.3 Å². The highest BCUT2D eigenvalue weighted by atomic mass is 16.5. The highest BCUT2D eigenvalue weighted by molar-refractivity contribution is 5.38. The van der Waals surface area contributed by atoms with Gasteiger partial charge in [0.2, 0.25) is 5.88 Å². The van der Waals surface area contributed by atoms with Gasteiger partial charge in [0.1, 0.15) is 0 Å². The third-order valence-corrected chi connectivity index (χ3v) is 4.19. The Balaban J connectivity index is 1.75. The summed E-state index contributed by atoms with van der Waals surface area (Å²) in [5, 5.41) is 18.5. The first-order chi connectivity index (χ1) is 12.6. The van der Waals surface area contributed by atoms with Gasteiger partial charge in [0.05, 0.1) is 18.5 Å². The predicted molar refractivity (Wildman–Crippen MR) is 101 cm³/mol. The highest BCUT2D eigenvalue weighted by Gasteiger charge is 2.08. The molecule has 0 fully saturated rings. The maximum atomic E-state index is 11.8. The first-order valence-electron chi connectivity index (χ1n) is 9.07. The minimum atomic E-state index is -0.361. The fraction of sp³-hybridized carbons (Fsp3) is 0.526. The normalized spacial score (nSPS) is 11.3. The first-order valence-corrected chi connectivity index (χ1v) is 9.07. The van der Waals surface area contributed by atoms with Crippen molar-refractivity contribution >= 4 is 0 Å². The summed E-state index contributed by atoms with van der Waals surface area (Å²) in [6, 6.07) is 7.56. The molecule has 26 heavy (non-hydrogen) atoms. The molecule has 1 aromatic carbocycles. The molecule has 0 amide bonds. The molecule has 0 aliphatic rings. The van der Waals surface area contributed by atoms with E-state index in [4.69, 9.17) is 9.84 Å². The van der Waals surface area contributed by atoms with Gasteiger partial charge in [-0.25, -0.2) is 9.36 Å². The van der Waals surface area contributed by atoms with E-state index in [1.165, 1.54) is 10.8 Å². The van der Waals surface area contributed by atoms with Gasteiger partial charge in [0.25, 0.3) is 0 Å². The Kier molecular flexibility index (Phi) is 8.40. The van der Waals surface area contributed by atoms with E-state index in [0.717, 1.165) is 50.9 Å². The number of hydrogen-bond acceptors (Lipinski definition) is 5. The van der Waals surface area contributed by atoms with Gasteiger partial charge in [-0.15, -0.1) is 0 Å². The Morgan fingerprint density at radius 2 is 2.00 bits per heavy atom. The van der Waals surface area contributed by atoms with Crippen molar-refractivity contribution in [2.75, 3.05) is 33.4 Å². The summed E-state index contributed by atoms with van der Waals surface area (Å²) in [5.74, 6) is -0.104. The van der Waals surface area contributed by atoms with Gasteiger partial charge in [-0.05, 0) is 37.6 Å². The second kappa shape index (κ2) is 10.8. The monoisotopic (exact) mass is 363 g/mol. The molecule has 0 radical (unpaired) electrons. The average molecular weight is 363 g/mol. The molecule has 0 aliphatic heterocycles. The minimum absolute atomic E-state index is 0.104. The number of aromatic amines is 1. The summed E-state index contributed by atoms with van der Waals surface area (Å²) in [5.41, 5.74) is 1.33. The Hall–Kier alpha value is -2.09. The SMILES string of the molecule is CN(CCOCCCCCCO)Cc1cccc(-n2c(O)c[nH]c2=O)c1. The fourth-order valence-electron chi connectivity index (χ4n) is 2.79. The van der Waals surface area contributed by atoms with Crippen LogP contribution in [0.25, 0.3) is 5.69 Å². The van der Waals surface area contributed by atoms with Crippen LogP contribution >= 0.6 is 0 Å². The molecule has 7 heteroatoms. The van der Waals surface area contributed by atoms with Crippen molar-refractivity contribution in [1.82, 2.24) is 14.5 Å². The lowest BCUT2D eigenvalue weighted by Crippen LogP contribution is -2.23. The molecular formula is C19H29N3O4. The molecule has 0 aliphatic carbocycles. The zero-order valence-corrected chi connectivity index (χ0v) is 15.4. The fourth-order valence-corrected chi connectivity index (χ4v) is 2.79. The molecule has 0 bridgehead atoms. The van der Waals surface area contributed by atoms with Crippen LogP contribution in [0, 0.1) is 0 Å². The van der Waals surface area contributed by atoms with Crippen LogP contribution in [0.4, 0.5) is 0 Å². The molecule has 1 aromatic heterocycles. The summed E-state index contributed by atoms with van der Waals surface area (Å²) in [7, 11) is 2.03. The zero-order valence-electron chi connectivity index (χ0n) is 15.4. The number of likely N-dealkylation sites (N-methyl/N-ethyl adjacent to an activating group) is 1. The first kappa shape index (κ1) is 20.2. The maximum absolute atomic E-state index is 11.8. The quantitative estimate of drug-likeness (QED) is 0.501. The molecule has 0 saturated carbocycles. The van der Waals surface area contributed by atoms with Crippen LogP contribution in [-0.4, -0.2) is 58.1 Å². The second-order valence-corrected chi connectivity index (χ2v) is 6.45. The number of hydrogen-bond donors (Lipinski definition) is 3. The number of benzene rings is 1. The maximum Gasteiger partial charge on any atom is 0.333 e. The topological polar surface area (TPSA) is 90.7 Å². The van der Waals surface area contributed by atoms with Crippen molar-refractivity contribution in [3.63, 3.8) is 0 Å². The van der Waals surface area contributed by atoms with Gasteiger partial charge < -0.3 is 19.9 Å². The van der Waals surface area contributed by atoms with Crippen molar-refractivity contribution < 1.29 is 14.9 Å². The van der Waals surface area contributed by atoms with Crippen LogP contribution in [0.1, 0.15) is 31.2 Å². The number of ether oxygens (including phenoxy) is 1. The summed E-state index contributed by atoms with van der Waals surface area (Å²) < 4.78 is 6.89. The van der Waals surface area contributed by atoms with Gasteiger partial charge in [-0.2, -0.15) is 0 Å². The summed E-state index contributed by atoms with van der Waals surface area (Å²) in [6.45, 7) is 3.24. The van der Waals surface area contributed by atoms with Crippen molar-refractivity contribution in [2.24, 2.45) is 0 Å². The standard InChI is InChI=1S/C19H29N3O4/c1-21(9-12-26-11-5-3-2-4-10-23)15-16-7-6-8-17(13-16)22-18(24)14-20-19(22)25/h6-8,13-14,23-24H,2-5,9-12,15H2,1H3,(H,20,25). The number of aromatic nitrogens is 2. The van der Waals surface area contributed by atoms with Crippen LogP contribution in [0.2, 0.25) is 0 Å². The summed E-state index contributed by atoms with van der Waals surface area (Å²) in [6.07, 6.45) is 5.32. The number of unbranched alkanes of at least 4 members (excludes halogenated alkanes) is 3. The van der Waals surface area contributed by atoms with Gasteiger partial charge in [0.15, 0.2) is 0 Å². The Morgan fingerprint density at radius 1 is 1.19 bits per heavy atom. The van der Waals surface area contributed by atoms with E-state index in [1.807, 2.05) is 25.2 Å². The predicted octanol–water partition coefficient (Wildman–Crippen LogP) is 1.87. The van der Waals surface area contributed by atoms with E-state index >= 15 is 0 Å². The van der Waals surface area contributed by atoms with E-state index in [0.29, 0.717) is 12.3 Å². The molecule has 3 N–H and O–H groups in total. The van der Waals surface area contributed by atoms with Crippen LogP contribution < -0.4 is 5.69 Å². The summed E-state index contributed by atoms with van der Waals surface area (Å²) in [4.78, 5) is 16.4. The lowest BCUT2D eigenvalue weighted by molar-refractivity contribution is 0.106. The van der Waals surface area contributed by atoms with Gasteiger partial charge >= 0.3 is 5.69 Å². The highest BCUT2D eigenvalue weighted by Crippen LogP contribution is 2.15. The van der Waals surface area contributed by atoms with Gasteiger partial charge in [-0.3, -0.25) is 4.90 Å². The number of nitrogens with one attached hydrogen (secondary N) is 1. The number of H-pyrrole nitrogens is 1. The molecule has 144 valence electrons. The summed E-state index contributed by atoms with van der Waals surface area (Å²) >= 11 is 0. The molecular weight excluding hydrogens is 334 g/mol. The number of aliphatic hydroxyl groups excluding tert-OH is 1.